The van der Waals surface area contributed by atoms with Crippen LogP contribution < -0.4 is 10.1 Å². The molecule has 0 amide bonds. The standard InChI is InChI=1S/C28H29N3O3/c1-17(2)34-25-13-9-7-11-21(25)26-20(5)30-31(24-12-8-6-10-19(24)4)27(26)29-23-15-14-18(3)16-22(23)28(32)33/h6-17,29H,1-5H3,(H,32,33). The van der Waals surface area contributed by atoms with E-state index in [4.69, 9.17) is 9.84 Å². The average molecular weight is 456 g/mol. The largest absolute Gasteiger partial charge is 0.490 e. The van der Waals surface area contributed by atoms with Crippen molar-refractivity contribution in [2.45, 2.75) is 40.7 Å². The second-order valence-electron chi connectivity index (χ2n) is 8.65. The SMILES string of the molecule is Cc1ccc(Nc2c(-c3ccccc3OC(C)C)c(C)nn2-c2ccccc2C)c(C(=O)O)c1. The van der Waals surface area contributed by atoms with E-state index in [1.54, 1.807) is 12.1 Å². The fraction of sp³-hybridized carbons (Fsp3) is 0.214. The maximum Gasteiger partial charge on any atom is 0.337 e. The molecule has 1 heterocycles. The average Bonchev–Trinajstić information content (AvgIpc) is 3.10. The Bertz CT molecular complexity index is 1360. The molecule has 0 aliphatic carbocycles. The summed E-state index contributed by atoms with van der Waals surface area (Å²) in [6.45, 7) is 9.84. The minimum Gasteiger partial charge on any atom is -0.490 e. The quantitative estimate of drug-likeness (QED) is 0.324. The Hall–Kier alpha value is -4.06. The highest BCUT2D eigenvalue weighted by molar-refractivity contribution is 5.96. The molecule has 0 aliphatic heterocycles. The first-order valence-electron chi connectivity index (χ1n) is 11.3. The summed E-state index contributed by atoms with van der Waals surface area (Å²) in [5, 5.41) is 18.1. The van der Waals surface area contributed by atoms with Gasteiger partial charge in [0.25, 0.3) is 0 Å². The zero-order valence-corrected chi connectivity index (χ0v) is 20.1. The number of nitrogens with zero attached hydrogens (tertiary/aromatic N) is 2. The second-order valence-corrected chi connectivity index (χ2v) is 8.65. The van der Waals surface area contributed by atoms with E-state index in [9.17, 15) is 9.90 Å². The topological polar surface area (TPSA) is 76.4 Å². The smallest absolute Gasteiger partial charge is 0.337 e. The number of anilines is 2. The van der Waals surface area contributed by atoms with Crippen molar-refractivity contribution < 1.29 is 14.6 Å². The van der Waals surface area contributed by atoms with Crippen molar-refractivity contribution in [3.63, 3.8) is 0 Å². The lowest BCUT2D eigenvalue weighted by atomic mass is 10.0. The Morgan fingerprint density at radius 1 is 1.00 bits per heavy atom. The highest BCUT2D eigenvalue weighted by Gasteiger charge is 2.23. The molecule has 3 aromatic carbocycles. The Kier molecular flexibility index (Phi) is 6.41. The number of benzene rings is 3. The van der Waals surface area contributed by atoms with Gasteiger partial charge in [-0.3, -0.25) is 0 Å². The van der Waals surface area contributed by atoms with Gasteiger partial charge in [0.1, 0.15) is 11.6 Å². The highest BCUT2D eigenvalue weighted by Crippen LogP contribution is 2.41. The summed E-state index contributed by atoms with van der Waals surface area (Å²) in [6, 6.07) is 21.2. The lowest BCUT2D eigenvalue weighted by Gasteiger charge is -2.18. The molecular weight excluding hydrogens is 426 g/mol. The van der Waals surface area contributed by atoms with Crippen LogP contribution >= 0.6 is 0 Å². The Labute approximate surface area is 199 Å². The Morgan fingerprint density at radius 2 is 1.71 bits per heavy atom. The van der Waals surface area contributed by atoms with Gasteiger partial charge in [0, 0.05) is 5.56 Å². The number of carboxylic acids is 1. The number of nitrogens with one attached hydrogen (secondary N) is 1. The summed E-state index contributed by atoms with van der Waals surface area (Å²) < 4.78 is 7.96. The number of carbonyl (C=O) groups is 1. The molecule has 4 rings (SSSR count). The third-order valence-corrected chi connectivity index (χ3v) is 5.58. The van der Waals surface area contributed by atoms with Gasteiger partial charge in [-0.25, -0.2) is 9.48 Å². The zero-order valence-electron chi connectivity index (χ0n) is 20.1. The Morgan fingerprint density at radius 3 is 2.41 bits per heavy atom. The number of para-hydroxylation sites is 2. The summed E-state index contributed by atoms with van der Waals surface area (Å²) in [4.78, 5) is 12.0. The van der Waals surface area contributed by atoms with Crippen molar-refractivity contribution in [2.24, 2.45) is 0 Å². The molecule has 0 unspecified atom stereocenters. The van der Waals surface area contributed by atoms with Crippen LogP contribution in [0.4, 0.5) is 11.5 Å². The van der Waals surface area contributed by atoms with Crippen LogP contribution in [0.3, 0.4) is 0 Å². The molecule has 0 saturated heterocycles. The molecule has 0 radical (unpaired) electrons. The van der Waals surface area contributed by atoms with E-state index in [0.29, 0.717) is 11.5 Å². The van der Waals surface area contributed by atoms with Gasteiger partial charge < -0.3 is 15.2 Å². The predicted octanol–water partition coefficient (Wildman–Crippen LogP) is 6.69. The van der Waals surface area contributed by atoms with E-state index >= 15 is 0 Å². The molecule has 6 nitrogen and oxygen atoms in total. The fourth-order valence-electron chi connectivity index (χ4n) is 4.04. The van der Waals surface area contributed by atoms with Crippen LogP contribution in [0.15, 0.2) is 66.7 Å². The number of hydrogen-bond donors (Lipinski definition) is 2. The first-order chi connectivity index (χ1) is 16.3. The molecule has 0 aliphatic rings. The molecule has 174 valence electrons. The maximum absolute atomic E-state index is 12.0. The number of aryl methyl sites for hydroxylation is 3. The third-order valence-electron chi connectivity index (χ3n) is 5.58. The number of aromatic carboxylic acids is 1. The monoisotopic (exact) mass is 455 g/mol. The van der Waals surface area contributed by atoms with E-state index in [1.165, 1.54) is 0 Å². The Balaban J connectivity index is 1.98. The normalized spacial score (nSPS) is 11.0. The highest BCUT2D eigenvalue weighted by atomic mass is 16.5. The van der Waals surface area contributed by atoms with E-state index in [-0.39, 0.29) is 11.7 Å². The second kappa shape index (κ2) is 9.43. The van der Waals surface area contributed by atoms with E-state index in [0.717, 1.165) is 39.4 Å². The van der Waals surface area contributed by atoms with E-state index in [2.05, 4.69) is 5.32 Å². The number of hydrogen-bond acceptors (Lipinski definition) is 4. The van der Waals surface area contributed by atoms with E-state index < -0.39 is 5.97 Å². The summed E-state index contributed by atoms with van der Waals surface area (Å²) in [5.74, 6) is 0.434. The third kappa shape index (κ3) is 4.53. The van der Waals surface area contributed by atoms with Gasteiger partial charge in [-0.05, 0) is 64.4 Å². The number of rotatable bonds is 7. The van der Waals surface area contributed by atoms with Crippen molar-refractivity contribution in [1.82, 2.24) is 9.78 Å². The van der Waals surface area contributed by atoms with Gasteiger partial charge in [0.15, 0.2) is 0 Å². The summed E-state index contributed by atoms with van der Waals surface area (Å²) >= 11 is 0. The van der Waals surface area contributed by atoms with Gasteiger partial charge in [-0.1, -0.05) is 48.0 Å². The maximum atomic E-state index is 12.0. The summed E-state index contributed by atoms with van der Waals surface area (Å²) in [5.41, 5.74) is 6.08. The lowest BCUT2D eigenvalue weighted by Crippen LogP contribution is -2.09. The fourth-order valence-corrected chi connectivity index (χ4v) is 4.04. The number of ether oxygens (including phenoxy) is 1. The minimum atomic E-state index is -0.991. The molecule has 0 spiro atoms. The van der Waals surface area contributed by atoms with Crippen molar-refractivity contribution in [3.05, 3.63) is 89.1 Å². The van der Waals surface area contributed by atoms with Crippen LogP contribution in [0.1, 0.15) is 41.0 Å². The van der Waals surface area contributed by atoms with Crippen molar-refractivity contribution in [3.8, 4) is 22.6 Å². The van der Waals surface area contributed by atoms with E-state index in [1.807, 2.05) is 93.9 Å². The molecule has 1 aromatic heterocycles. The van der Waals surface area contributed by atoms with Crippen LogP contribution in [-0.2, 0) is 0 Å². The molecule has 0 bridgehead atoms. The molecule has 6 heteroatoms. The van der Waals surface area contributed by atoms with Crippen LogP contribution in [0.5, 0.6) is 5.75 Å². The van der Waals surface area contributed by atoms with Gasteiger partial charge in [0.05, 0.1) is 34.3 Å². The van der Waals surface area contributed by atoms with Crippen LogP contribution in [0, 0.1) is 20.8 Å². The van der Waals surface area contributed by atoms with Gasteiger partial charge >= 0.3 is 5.97 Å². The van der Waals surface area contributed by atoms with Crippen molar-refractivity contribution >= 4 is 17.5 Å². The molecule has 34 heavy (non-hydrogen) atoms. The lowest BCUT2D eigenvalue weighted by molar-refractivity contribution is 0.0698. The zero-order chi connectivity index (χ0) is 24.4. The van der Waals surface area contributed by atoms with Gasteiger partial charge in [-0.2, -0.15) is 5.10 Å². The first-order valence-corrected chi connectivity index (χ1v) is 11.3. The number of aromatic nitrogens is 2. The molecule has 0 saturated carbocycles. The van der Waals surface area contributed by atoms with Crippen molar-refractivity contribution in [1.29, 1.82) is 0 Å². The molecule has 0 atom stereocenters. The summed E-state index contributed by atoms with van der Waals surface area (Å²) in [7, 11) is 0. The predicted molar refractivity (Wildman–Crippen MR) is 136 cm³/mol. The van der Waals surface area contributed by atoms with Crippen LogP contribution in [-0.4, -0.2) is 27.0 Å². The van der Waals surface area contributed by atoms with Crippen LogP contribution in [0.2, 0.25) is 0 Å². The molecule has 4 aromatic rings. The molecular formula is C28H29N3O3. The number of carboxylic acid groups (broad SMARTS) is 1. The molecule has 0 fully saturated rings. The minimum absolute atomic E-state index is 0.00000965. The summed E-state index contributed by atoms with van der Waals surface area (Å²) in [6.07, 6.45) is -0.00000965. The van der Waals surface area contributed by atoms with Gasteiger partial charge in [0.2, 0.25) is 0 Å². The first kappa shape index (κ1) is 23.1. The van der Waals surface area contributed by atoms with Crippen molar-refractivity contribution in [2.75, 3.05) is 5.32 Å². The van der Waals surface area contributed by atoms with Gasteiger partial charge in [-0.15, -0.1) is 0 Å². The van der Waals surface area contributed by atoms with Crippen LogP contribution in [0.25, 0.3) is 16.8 Å². The molecule has 2 N–H and O–H groups in total.